The summed E-state index contributed by atoms with van der Waals surface area (Å²) in [6.07, 6.45) is 3.66. The Morgan fingerprint density at radius 3 is 2.75 bits per heavy atom. The van der Waals surface area contributed by atoms with Gasteiger partial charge < -0.3 is 25.0 Å². The molecule has 0 amide bonds. The van der Waals surface area contributed by atoms with Crippen molar-refractivity contribution in [2.45, 2.75) is 19.4 Å². The van der Waals surface area contributed by atoms with Gasteiger partial charge >= 0.3 is 6.01 Å². The van der Waals surface area contributed by atoms with Gasteiger partial charge in [-0.3, -0.25) is 0 Å². The summed E-state index contributed by atoms with van der Waals surface area (Å²) in [7, 11) is 1.75. The minimum atomic E-state index is -0.345. The number of H-pyrrole nitrogens is 1. The SMILES string of the molecule is CNc1cc(F)cc2c1[nH]c1nc(Oc3cnc(C)nc3)nc(N3C[C@H]4C[C@@H](O)[C@H]4C3)c12. The molecule has 3 N–H and O–H groups in total. The van der Waals surface area contributed by atoms with E-state index in [1.807, 2.05) is 0 Å². The predicted octanol–water partition coefficient (Wildman–Crippen LogP) is 3.00. The van der Waals surface area contributed by atoms with Gasteiger partial charge in [-0.05, 0) is 31.4 Å². The number of aryl methyl sites for hydroxylation is 1. The molecule has 2 aliphatic rings. The van der Waals surface area contributed by atoms with Crippen molar-refractivity contribution in [3.63, 3.8) is 0 Å². The van der Waals surface area contributed by atoms with Crippen molar-refractivity contribution in [3.05, 3.63) is 36.2 Å². The number of hydrogen-bond acceptors (Lipinski definition) is 8. The maximum atomic E-state index is 14.4. The highest BCUT2D eigenvalue weighted by Crippen LogP contribution is 2.45. The number of aliphatic hydroxyl groups excluding tert-OH is 1. The molecule has 3 atom stereocenters. The van der Waals surface area contributed by atoms with E-state index in [2.05, 4.69) is 30.2 Å². The van der Waals surface area contributed by atoms with Crippen LogP contribution in [0.15, 0.2) is 24.5 Å². The van der Waals surface area contributed by atoms with Crippen LogP contribution in [0.5, 0.6) is 11.8 Å². The van der Waals surface area contributed by atoms with Crippen molar-refractivity contribution in [2.75, 3.05) is 30.4 Å². The molecule has 3 aromatic heterocycles. The van der Waals surface area contributed by atoms with Crippen LogP contribution in [0.1, 0.15) is 12.2 Å². The van der Waals surface area contributed by atoms with Crippen molar-refractivity contribution in [1.82, 2.24) is 24.9 Å². The fourth-order valence-electron chi connectivity index (χ4n) is 4.88. The van der Waals surface area contributed by atoms with E-state index in [9.17, 15) is 9.50 Å². The van der Waals surface area contributed by atoms with Gasteiger partial charge in [-0.2, -0.15) is 9.97 Å². The molecule has 1 aromatic carbocycles. The molecule has 2 fully saturated rings. The quantitative estimate of drug-likeness (QED) is 0.449. The molecule has 1 saturated heterocycles. The third-order valence-corrected chi connectivity index (χ3v) is 6.55. The average Bonchev–Trinajstić information content (AvgIpc) is 3.31. The number of aliphatic hydroxyl groups is 1. The van der Waals surface area contributed by atoms with Gasteiger partial charge in [0.15, 0.2) is 5.75 Å². The summed E-state index contributed by atoms with van der Waals surface area (Å²) in [5.41, 5.74) is 1.93. The monoisotopic (exact) mass is 435 g/mol. The summed E-state index contributed by atoms with van der Waals surface area (Å²) in [6.45, 7) is 3.26. The molecule has 1 aliphatic carbocycles. The van der Waals surface area contributed by atoms with Gasteiger partial charge in [0.1, 0.15) is 23.1 Å². The smallest absolute Gasteiger partial charge is 0.326 e. The number of fused-ring (bicyclic) bond motifs is 4. The van der Waals surface area contributed by atoms with Gasteiger partial charge in [0.2, 0.25) is 0 Å². The Labute approximate surface area is 182 Å². The topological polar surface area (TPSA) is 112 Å². The molecular weight excluding hydrogens is 413 g/mol. The molecule has 6 rings (SSSR count). The predicted molar refractivity (Wildman–Crippen MR) is 118 cm³/mol. The maximum absolute atomic E-state index is 14.4. The molecule has 1 saturated carbocycles. The standard InChI is InChI=1S/C22H22FN7O2/c1-10-25-6-13(7-26-10)32-22-28-20-18(14-4-12(23)5-16(24-2)19(14)27-20)21(29-22)30-8-11-3-17(31)15(11)9-30/h4-7,11,15,17,24,31H,3,8-9H2,1-2H3,(H,27,28,29)/t11-,15+,17-/m1/s1. The Bertz CT molecular complexity index is 1340. The van der Waals surface area contributed by atoms with Crippen LogP contribution in [0.2, 0.25) is 0 Å². The van der Waals surface area contributed by atoms with Crippen molar-refractivity contribution >= 4 is 33.4 Å². The van der Waals surface area contributed by atoms with E-state index < -0.39 is 0 Å². The van der Waals surface area contributed by atoms with Crippen LogP contribution in [-0.2, 0) is 0 Å². The number of halogens is 1. The first-order valence-electron chi connectivity index (χ1n) is 10.6. The lowest BCUT2D eigenvalue weighted by molar-refractivity contribution is -0.00398. The molecule has 1 aliphatic heterocycles. The highest BCUT2D eigenvalue weighted by Gasteiger charge is 2.47. The molecule has 4 aromatic rings. The molecular formula is C22H22FN7O2. The van der Waals surface area contributed by atoms with Gasteiger partial charge in [0, 0.05) is 31.4 Å². The molecule has 0 radical (unpaired) electrons. The highest BCUT2D eigenvalue weighted by molar-refractivity contribution is 6.14. The summed E-state index contributed by atoms with van der Waals surface area (Å²) in [4.78, 5) is 23.0. The molecule has 0 bridgehead atoms. The van der Waals surface area contributed by atoms with Crippen molar-refractivity contribution in [2.24, 2.45) is 11.8 Å². The van der Waals surface area contributed by atoms with Crippen LogP contribution in [0.25, 0.3) is 21.9 Å². The minimum absolute atomic E-state index is 0.151. The first kappa shape index (κ1) is 19.2. The van der Waals surface area contributed by atoms with E-state index in [1.54, 1.807) is 26.4 Å². The van der Waals surface area contributed by atoms with Gasteiger partial charge in [0.05, 0.1) is 35.1 Å². The first-order valence-corrected chi connectivity index (χ1v) is 10.6. The average molecular weight is 435 g/mol. The molecule has 10 heteroatoms. The van der Waals surface area contributed by atoms with Crippen LogP contribution >= 0.6 is 0 Å². The lowest BCUT2D eigenvalue weighted by Crippen LogP contribution is -2.39. The lowest BCUT2D eigenvalue weighted by Gasteiger charge is -2.34. The summed E-state index contributed by atoms with van der Waals surface area (Å²) in [6, 6.07) is 3.09. The third kappa shape index (κ3) is 2.94. The summed E-state index contributed by atoms with van der Waals surface area (Å²) in [5, 5.41) is 14.6. The van der Waals surface area contributed by atoms with Crippen LogP contribution in [-0.4, -0.2) is 56.3 Å². The molecule has 32 heavy (non-hydrogen) atoms. The first-order chi connectivity index (χ1) is 15.5. The number of rotatable bonds is 4. The Balaban J connectivity index is 1.53. The van der Waals surface area contributed by atoms with Crippen LogP contribution < -0.4 is 15.0 Å². The van der Waals surface area contributed by atoms with E-state index in [0.717, 1.165) is 23.9 Å². The number of benzene rings is 1. The second-order valence-corrected chi connectivity index (χ2v) is 8.50. The number of nitrogens with zero attached hydrogens (tertiary/aromatic N) is 5. The van der Waals surface area contributed by atoms with Crippen molar-refractivity contribution < 1.29 is 14.2 Å². The Hall–Kier alpha value is -3.53. The fourth-order valence-corrected chi connectivity index (χ4v) is 4.88. The number of anilines is 2. The minimum Gasteiger partial charge on any atom is -0.421 e. The van der Waals surface area contributed by atoms with Crippen molar-refractivity contribution in [1.29, 1.82) is 0 Å². The number of hydrogen-bond donors (Lipinski definition) is 3. The van der Waals surface area contributed by atoms with Crippen molar-refractivity contribution in [3.8, 4) is 11.8 Å². The second-order valence-electron chi connectivity index (χ2n) is 8.50. The normalized spacial score (nSPS) is 22.2. The fraction of sp³-hybridized carbons (Fsp3) is 0.364. The Morgan fingerprint density at radius 1 is 1.22 bits per heavy atom. The molecule has 0 unspecified atom stereocenters. The van der Waals surface area contributed by atoms with Gasteiger partial charge in [0.25, 0.3) is 0 Å². The zero-order valence-electron chi connectivity index (χ0n) is 17.6. The zero-order chi connectivity index (χ0) is 22.0. The van der Waals surface area contributed by atoms with Gasteiger partial charge in [-0.15, -0.1) is 0 Å². The van der Waals surface area contributed by atoms with E-state index in [-0.39, 0.29) is 23.8 Å². The van der Waals surface area contributed by atoms with Gasteiger partial charge in [-0.1, -0.05) is 0 Å². The summed E-state index contributed by atoms with van der Waals surface area (Å²) in [5.74, 6) is 2.04. The molecule has 0 spiro atoms. The van der Waals surface area contributed by atoms with E-state index >= 15 is 0 Å². The van der Waals surface area contributed by atoms with E-state index in [1.165, 1.54) is 12.1 Å². The molecule has 9 nitrogen and oxygen atoms in total. The Morgan fingerprint density at radius 2 is 2.03 bits per heavy atom. The van der Waals surface area contributed by atoms with Crippen LogP contribution in [0.4, 0.5) is 15.9 Å². The molecule has 4 heterocycles. The zero-order valence-corrected chi connectivity index (χ0v) is 17.6. The Kier molecular flexibility index (Phi) is 4.19. The van der Waals surface area contributed by atoms with E-state index in [0.29, 0.717) is 46.6 Å². The second kappa shape index (κ2) is 6.99. The number of ether oxygens (including phenoxy) is 1. The third-order valence-electron chi connectivity index (χ3n) is 6.55. The number of aromatic nitrogens is 5. The van der Waals surface area contributed by atoms with E-state index in [4.69, 9.17) is 9.72 Å². The largest absolute Gasteiger partial charge is 0.421 e. The number of nitrogens with one attached hydrogen (secondary N) is 2. The lowest BCUT2D eigenvalue weighted by atomic mass is 9.74. The number of aromatic amines is 1. The van der Waals surface area contributed by atoms with Gasteiger partial charge in [-0.25, -0.2) is 14.4 Å². The summed E-state index contributed by atoms with van der Waals surface area (Å²) >= 11 is 0. The summed E-state index contributed by atoms with van der Waals surface area (Å²) < 4.78 is 20.3. The maximum Gasteiger partial charge on any atom is 0.326 e. The van der Waals surface area contributed by atoms with Crippen LogP contribution in [0, 0.1) is 24.6 Å². The highest BCUT2D eigenvalue weighted by atomic mass is 19.1. The van der Waals surface area contributed by atoms with Crippen LogP contribution in [0.3, 0.4) is 0 Å². The molecule has 164 valence electrons.